The molecule has 1 atom stereocenters. The van der Waals surface area contributed by atoms with Gasteiger partial charge in [-0.1, -0.05) is 0 Å². The van der Waals surface area contributed by atoms with Gasteiger partial charge in [0, 0.05) is 16.5 Å². The average molecular weight is 319 g/mol. The van der Waals surface area contributed by atoms with E-state index in [1.165, 1.54) is 28.9 Å². The van der Waals surface area contributed by atoms with Crippen LogP contribution >= 0.6 is 22.7 Å². The van der Waals surface area contributed by atoms with Crippen LogP contribution in [0.2, 0.25) is 0 Å². The number of nitrogens with one attached hydrogen (secondary N) is 1. The molecule has 3 aromatic heterocycles. The molecule has 0 bridgehead atoms. The van der Waals surface area contributed by atoms with Crippen LogP contribution in [0.5, 0.6) is 0 Å². The first-order valence-electron chi connectivity index (χ1n) is 6.29. The Bertz CT molecular complexity index is 653. The summed E-state index contributed by atoms with van der Waals surface area (Å²) in [6.45, 7) is 0.0475. The summed E-state index contributed by atoms with van der Waals surface area (Å²) in [5, 5.41) is 21.1. The van der Waals surface area contributed by atoms with Gasteiger partial charge in [-0.3, -0.25) is 4.79 Å². The van der Waals surface area contributed by atoms with Crippen LogP contribution in [-0.4, -0.2) is 17.6 Å². The van der Waals surface area contributed by atoms with Crippen molar-refractivity contribution >= 4 is 28.6 Å². The third kappa shape index (κ3) is 2.78. The minimum atomic E-state index is -1.37. The van der Waals surface area contributed by atoms with Gasteiger partial charge in [-0.15, -0.1) is 0 Å². The van der Waals surface area contributed by atoms with E-state index in [1.807, 2.05) is 22.2 Å². The second-order valence-electron chi connectivity index (χ2n) is 4.54. The van der Waals surface area contributed by atoms with E-state index in [0.29, 0.717) is 16.9 Å². The number of hydrogen-bond acceptors (Lipinski definition) is 5. The number of hydrogen-bond donors (Lipinski definition) is 2. The number of carbonyl (C=O) groups excluding carboxylic acids is 1. The molecule has 6 heteroatoms. The molecule has 0 saturated heterocycles. The largest absolute Gasteiger partial charge is 0.466 e. The van der Waals surface area contributed by atoms with Crippen molar-refractivity contribution in [2.24, 2.45) is 0 Å². The van der Waals surface area contributed by atoms with Gasteiger partial charge < -0.3 is 14.8 Å². The maximum atomic E-state index is 12.0. The van der Waals surface area contributed by atoms with Crippen LogP contribution in [-0.2, 0) is 5.60 Å². The molecule has 1 amide bonds. The van der Waals surface area contributed by atoms with Crippen LogP contribution in [0.25, 0.3) is 0 Å². The number of amides is 1. The maximum Gasteiger partial charge on any atom is 0.252 e. The number of aliphatic hydroxyl groups is 1. The van der Waals surface area contributed by atoms with Gasteiger partial charge in [-0.05, 0) is 40.4 Å². The van der Waals surface area contributed by atoms with E-state index in [1.54, 1.807) is 23.6 Å². The summed E-state index contributed by atoms with van der Waals surface area (Å²) < 4.78 is 5.35. The number of rotatable bonds is 5. The van der Waals surface area contributed by atoms with Crippen molar-refractivity contribution in [1.82, 2.24) is 5.32 Å². The van der Waals surface area contributed by atoms with Crippen LogP contribution in [0.15, 0.2) is 56.5 Å². The third-order valence-electron chi connectivity index (χ3n) is 3.22. The van der Waals surface area contributed by atoms with Crippen LogP contribution in [0.3, 0.4) is 0 Å². The second-order valence-corrected chi connectivity index (χ2v) is 6.10. The fraction of sp³-hybridized carbons (Fsp3) is 0.133. The lowest BCUT2D eigenvalue weighted by atomic mass is 9.93. The van der Waals surface area contributed by atoms with Crippen molar-refractivity contribution in [3.8, 4) is 0 Å². The van der Waals surface area contributed by atoms with E-state index in [0.717, 1.165) is 0 Å². The normalized spacial score (nSPS) is 13.8. The summed E-state index contributed by atoms with van der Waals surface area (Å²) in [5.74, 6) is 0.197. The SMILES string of the molecule is O=C(NC[C@](O)(c1ccsc1)c1ccco1)c1ccsc1. The minimum absolute atomic E-state index is 0.0475. The summed E-state index contributed by atoms with van der Waals surface area (Å²) in [4.78, 5) is 12.0. The lowest BCUT2D eigenvalue weighted by Crippen LogP contribution is -2.41. The quantitative estimate of drug-likeness (QED) is 0.760. The van der Waals surface area contributed by atoms with Gasteiger partial charge in [0.2, 0.25) is 0 Å². The molecule has 3 rings (SSSR count). The molecule has 21 heavy (non-hydrogen) atoms. The first kappa shape index (κ1) is 14.1. The predicted octanol–water partition coefficient (Wildman–Crippen LogP) is 3.07. The number of carbonyl (C=O) groups is 1. The molecular weight excluding hydrogens is 306 g/mol. The molecule has 4 nitrogen and oxygen atoms in total. The Hall–Kier alpha value is -1.89. The summed E-state index contributed by atoms with van der Waals surface area (Å²) in [7, 11) is 0. The fourth-order valence-electron chi connectivity index (χ4n) is 2.05. The van der Waals surface area contributed by atoms with Crippen molar-refractivity contribution in [3.05, 3.63) is 68.9 Å². The summed E-state index contributed by atoms with van der Waals surface area (Å²) in [5.41, 5.74) is -0.0741. The number of thiophene rings is 2. The third-order valence-corrected chi connectivity index (χ3v) is 4.58. The van der Waals surface area contributed by atoms with Crippen molar-refractivity contribution in [1.29, 1.82) is 0 Å². The van der Waals surface area contributed by atoms with Gasteiger partial charge in [0.05, 0.1) is 12.8 Å². The smallest absolute Gasteiger partial charge is 0.252 e. The topological polar surface area (TPSA) is 62.5 Å². The highest BCUT2D eigenvalue weighted by atomic mass is 32.1. The van der Waals surface area contributed by atoms with Crippen LogP contribution in [0, 0.1) is 0 Å². The molecule has 0 radical (unpaired) electrons. The van der Waals surface area contributed by atoms with Crippen molar-refractivity contribution < 1.29 is 14.3 Å². The van der Waals surface area contributed by atoms with Crippen LogP contribution in [0.1, 0.15) is 21.7 Å². The first-order chi connectivity index (χ1) is 10.2. The highest BCUT2D eigenvalue weighted by Crippen LogP contribution is 2.31. The lowest BCUT2D eigenvalue weighted by Gasteiger charge is -2.25. The predicted molar refractivity (Wildman–Crippen MR) is 82.7 cm³/mol. The molecule has 0 saturated carbocycles. The van der Waals surface area contributed by atoms with E-state index in [9.17, 15) is 9.90 Å². The highest BCUT2D eigenvalue weighted by Gasteiger charge is 2.35. The van der Waals surface area contributed by atoms with Crippen LogP contribution in [0.4, 0.5) is 0 Å². The van der Waals surface area contributed by atoms with E-state index in [4.69, 9.17) is 4.42 Å². The van der Waals surface area contributed by atoms with E-state index in [-0.39, 0.29) is 12.5 Å². The summed E-state index contributed by atoms with van der Waals surface area (Å²) in [6.07, 6.45) is 1.51. The van der Waals surface area contributed by atoms with Gasteiger partial charge >= 0.3 is 0 Å². The molecule has 0 spiro atoms. The zero-order valence-electron chi connectivity index (χ0n) is 11.0. The monoisotopic (exact) mass is 319 g/mol. The molecule has 2 N–H and O–H groups in total. The summed E-state index contributed by atoms with van der Waals surface area (Å²) >= 11 is 2.94. The van der Waals surface area contributed by atoms with Crippen LogP contribution < -0.4 is 5.32 Å². The van der Waals surface area contributed by atoms with Gasteiger partial charge in [0.15, 0.2) is 5.60 Å². The van der Waals surface area contributed by atoms with Gasteiger partial charge in [0.1, 0.15) is 5.76 Å². The van der Waals surface area contributed by atoms with E-state index < -0.39 is 5.60 Å². The Morgan fingerprint density at radius 3 is 2.67 bits per heavy atom. The Kier molecular flexibility index (Phi) is 3.92. The number of furan rings is 1. The molecule has 0 aliphatic heterocycles. The Morgan fingerprint density at radius 1 is 1.24 bits per heavy atom. The van der Waals surface area contributed by atoms with Gasteiger partial charge in [0.25, 0.3) is 5.91 Å². The summed E-state index contributed by atoms with van der Waals surface area (Å²) in [6, 6.07) is 6.99. The molecule has 108 valence electrons. The molecular formula is C15H13NO3S2. The molecule has 0 unspecified atom stereocenters. The molecule has 0 aromatic carbocycles. The van der Waals surface area contributed by atoms with Crippen molar-refractivity contribution in [2.45, 2.75) is 5.60 Å². The Morgan fingerprint density at radius 2 is 2.05 bits per heavy atom. The zero-order chi connectivity index (χ0) is 14.7. The van der Waals surface area contributed by atoms with Gasteiger partial charge in [-0.2, -0.15) is 22.7 Å². The molecule has 0 aliphatic rings. The van der Waals surface area contributed by atoms with Gasteiger partial charge in [-0.25, -0.2) is 0 Å². The minimum Gasteiger partial charge on any atom is -0.466 e. The highest BCUT2D eigenvalue weighted by molar-refractivity contribution is 7.08. The molecule has 3 heterocycles. The molecule has 0 aliphatic carbocycles. The average Bonchev–Trinajstić information content (AvgIpc) is 3.27. The van der Waals surface area contributed by atoms with Crippen molar-refractivity contribution in [3.63, 3.8) is 0 Å². The maximum absolute atomic E-state index is 12.0. The first-order valence-corrected chi connectivity index (χ1v) is 8.18. The zero-order valence-corrected chi connectivity index (χ0v) is 12.6. The lowest BCUT2D eigenvalue weighted by molar-refractivity contribution is 0.0529. The molecule has 0 fully saturated rings. The fourth-order valence-corrected chi connectivity index (χ4v) is 3.41. The Balaban J connectivity index is 1.83. The Labute approximate surface area is 129 Å². The molecule has 3 aromatic rings. The van der Waals surface area contributed by atoms with Crippen molar-refractivity contribution in [2.75, 3.05) is 6.54 Å². The van der Waals surface area contributed by atoms with E-state index in [2.05, 4.69) is 5.32 Å². The van der Waals surface area contributed by atoms with E-state index >= 15 is 0 Å². The second kappa shape index (κ2) is 5.85. The standard InChI is InChI=1S/C15H13NO3S2/c17-14(11-3-6-20-8-11)16-10-15(18,12-4-7-21-9-12)13-2-1-5-19-13/h1-9,18H,10H2,(H,16,17)/t15-/m0/s1.